The lowest BCUT2D eigenvalue weighted by atomic mass is 9.93. The molecule has 1 fully saturated rings. The number of fused-ring (bicyclic) bond motifs is 1. The molecule has 0 bridgehead atoms. The second-order valence-electron chi connectivity index (χ2n) is 7.79. The molecule has 7 N–H and O–H groups in total. The molecule has 168 valence electrons. The Bertz CT molecular complexity index is 963. The summed E-state index contributed by atoms with van der Waals surface area (Å²) in [6.45, 7) is 1.52. The fraction of sp³-hybridized carbons (Fsp3) is 0.429. The van der Waals surface area contributed by atoms with Gasteiger partial charge in [-0.25, -0.2) is 0 Å². The smallest absolute Gasteiger partial charge is 0.187 e. The molecule has 0 aromatic heterocycles. The molecule has 2 aromatic rings. The highest BCUT2D eigenvalue weighted by molar-refractivity contribution is 5.52. The van der Waals surface area contributed by atoms with E-state index in [0.717, 1.165) is 6.07 Å². The van der Waals surface area contributed by atoms with E-state index in [1.165, 1.54) is 31.2 Å². The summed E-state index contributed by atoms with van der Waals surface area (Å²) in [4.78, 5) is 0. The number of phenols is 4. The molecule has 0 radical (unpaired) electrons. The van der Waals surface area contributed by atoms with Crippen LogP contribution in [0.15, 0.2) is 30.3 Å². The van der Waals surface area contributed by atoms with Gasteiger partial charge in [0.05, 0.1) is 6.10 Å². The van der Waals surface area contributed by atoms with E-state index < -0.39 is 42.9 Å². The summed E-state index contributed by atoms with van der Waals surface area (Å²) in [7, 11) is 0. The number of aliphatic hydroxyl groups is 3. The van der Waals surface area contributed by atoms with Crippen molar-refractivity contribution in [3.63, 3.8) is 0 Å². The summed E-state index contributed by atoms with van der Waals surface area (Å²) in [5, 5.41) is 69.9. The topological polar surface area (TPSA) is 169 Å². The van der Waals surface area contributed by atoms with Crippen molar-refractivity contribution in [2.45, 2.75) is 56.3 Å². The molecule has 2 heterocycles. The lowest BCUT2D eigenvalue weighted by molar-refractivity contribution is -0.310. The molecule has 1 saturated heterocycles. The minimum atomic E-state index is -1.55. The number of hydrogen-bond acceptors (Lipinski definition) is 10. The number of rotatable bonds is 3. The fourth-order valence-electron chi connectivity index (χ4n) is 3.87. The molecule has 0 aliphatic carbocycles. The van der Waals surface area contributed by atoms with Crippen LogP contribution < -0.4 is 4.74 Å². The maximum atomic E-state index is 10.3. The first-order chi connectivity index (χ1) is 14.7. The first-order valence-corrected chi connectivity index (χ1v) is 9.74. The molecule has 2 aliphatic heterocycles. The maximum absolute atomic E-state index is 10.3. The van der Waals surface area contributed by atoms with Crippen LogP contribution in [-0.4, -0.2) is 72.6 Å². The number of benzene rings is 2. The molecule has 7 atom stereocenters. The predicted molar refractivity (Wildman–Crippen MR) is 104 cm³/mol. The number of aliphatic hydroxyl groups excluding tert-OH is 3. The van der Waals surface area contributed by atoms with Crippen LogP contribution in [0.5, 0.6) is 28.7 Å². The average molecular weight is 436 g/mol. The average Bonchev–Trinajstić information content (AvgIpc) is 2.72. The molecular weight excluding hydrogens is 412 g/mol. The maximum Gasteiger partial charge on any atom is 0.187 e. The Morgan fingerprint density at radius 2 is 1.61 bits per heavy atom. The lowest BCUT2D eigenvalue weighted by Crippen LogP contribution is -2.58. The molecule has 2 aromatic carbocycles. The van der Waals surface area contributed by atoms with Gasteiger partial charge in [-0.05, 0) is 24.6 Å². The van der Waals surface area contributed by atoms with Crippen LogP contribution >= 0.6 is 0 Å². The van der Waals surface area contributed by atoms with E-state index in [9.17, 15) is 35.7 Å². The largest absolute Gasteiger partial charge is 0.508 e. The summed E-state index contributed by atoms with van der Waals surface area (Å²) < 4.78 is 17.4. The second-order valence-corrected chi connectivity index (χ2v) is 7.79. The predicted octanol–water partition coefficient (Wildman–Crippen LogP) is 0.398. The van der Waals surface area contributed by atoms with Gasteiger partial charge in [0.1, 0.15) is 41.7 Å². The minimum Gasteiger partial charge on any atom is -0.508 e. The normalized spacial score (nSPS) is 32.8. The summed E-state index contributed by atoms with van der Waals surface area (Å²) >= 11 is 0. The van der Waals surface area contributed by atoms with Crippen LogP contribution in [0.25, 0.3) is 0 Å². The van der Waals surface area contributed by atoms with Gasteiger partial charge in [0.2, 0.25) is 0 Å². The standard InChI is InChI=1S/C21H24O10/c1-8-17(26)18(27)19(28)21(29-8)31-16-7-11-13(24)5-10(22)6-15(11)30-20(16)9-2-3-12(23)14(25)4-9/h2-6,8,16-28H,7H2,1H3/t8-,16-,17-,18+,19+,20-,21+/m1/s1. The molecule has 31 heavy (non-hydrogen) atoms. The molecule has 0 amide bonds. The van der Waals surface area contributed by atoms with Crippen molar-refractivity contribution in [3.8, 4) is 28.7 Å². The Labute approximate surface area is 177 Å². The molecule has 10 nitrogen and oxygen atoms in total. The first kappa shape index (κ1) is 21.5. The number of phenolic OH excluding ortho intramolecular Hbond substituents is 4. The van der Waals surface area contributed by atoms with Crippen LogP contribution in [-0.2, 0) is 15.9 Å². The number of ether oxygens (including phenoxy) is 3. The van der Waals surface area contributed by atoms with Crippen molar-refractivity contribution in [1.82, 2.24) is 0 Å². The van der Waals surface area contributed by atoms with Gasteiger partial charge in [0, 0.05) is 24.1 Å². The van der Waals surface area contributed by atoms with E-state index in [1.807, 2.05) is 0 Å². The highest BCUT2D eigenvalue weighted by atomic mass is 16.7. The Kier molecular flexibility index (Phi) is 5.58. The van der Waals surface area contributed by atoms with Crippen LogP contribution in [0.3, 0.4) is 0 Å². The molecule has 2 aliphatic rings. The zero-order chi connectivity index (χ0) is 22.4. The number of hydrogen-bond donors (Lipinski definition) is 7. The van der Waals surface area contributed by atoms with E-state index in [0.29, 0.717) is 11.1 Å². The molecular formula is C21H24O10. The Balaban J connectivity index is 1.69. The van der Waals surface area contributed by atoms with E-state index in [1.54, 1.807) is 0 Å². The summed E-state index contributed by atoms with van der Waals surface area (Å²) in [5.74, 6) is -0.941. The Hall–Kier alpha value is -2.76. The van der Waals surface area contributed by atoms with Gasteiger partial charge < -0.3 is 50.0 Å². The minimum absolute atomic E-state index is 0.0767. The van der Waals surface area contributed by atoms with E-state index in [-0.39, 0.29) is 35.2 Å². The number of aromatic hydroxyl groups is 4. The third-order valence-corrected chi connectivity index (χ3v) is 5.61. The fourth-order valence-corrected chi connectivity index (χ4v) is 3.87. The first-order valence-electron chi connectivity index (χ1n) is 9.74. The lowest BCUT2D eigenvalue weighted by Gasteiger charge is -2.42. The van der Waals surface area contributed by atoms with Gasteiger partial charge in [-0.1, -0.05) is 6.07 Å². The van der Waals surface area contributed by atoms with Crippen molar-refractivity contribution in [1.29, 1.82) is 0 Å². The van der Waals surface area contributed by atoms with E-state index in [2.05, 4.69) is 0 Å². The van der Waals surface area contributed by atoms with Gasteiger partial charge in [-0.15, -0.1) is 0 Å². The van der Waals surface area contributed by atoms with Crippen molar-refractivity contribution in [3.05, 3.63) is 41.5 Å². The van der Waals surface area contributed by atoms with E-state index in [4.69, 9.17) is 14.2 Å². The highest BCUT2D eigenvalue weighted by Crippen LogP contribution is 2.44. The molecule has 10 heteroatoms. The summed E-state index contributed by atoms with van der Waals surface area (Å²) in [6.07, 6.45) is -8.15. The zero-order valence-corrected chi connectivity index (χ0v) is 16.5. The summed E-state index contributed by atoms with van der Waals surface area (Å²) in [5.41, 5.74) is 0.758. The molecule has 0 saturated carbocycles. The van der Waals surface area contributed by atoms with Gasteiger partial charge in [0.25, 0.3) is 0 Å². The quantitative estimate of drug-likeness (QED) is 0.334. The van der Waals surface area contributed by atoms with E-state index >= 15 is 0 Å². The van der Waals surface area contributed by atoms with Crippen LogP contribution in [0.1, 0.15) is 24.2 Å². The van der Waals surface area contributed by atoms with Crippen molar-refractivity contribution in [2.75, 3.05) is 0 Å². The zero-order valence-electron chi connectivity index (χ0n) is 16.5. The molecule has 0 unspecified atom stereocenters. The monoisotopic (exact) mass is 436 g/mol. The molecule has 4 rings (SSSR count). The second kappa shape index (κ2) is 8.06. The third kappa shape index (κ3) is 3.95. The van der Waals surface area contributed by atoms with Crippen LogP contribution in [0, 0.1) is 0 Å². The van der Waals surface area contributed by atoms with Gasteiger partial charge >= 0.3 is 0 Å². The third-order valence-electron chi connectivity index (χ3n) is 5.61. The van der Waals surface area contributed by atoms with Gasteiger partial charge in [-0.2, -0.15) is 0 Å². The van der Waals surface area contributed by atoms with Crippen LogP contribution in [0.4, 0.5) is 0 Å². The highest BCUT2D eigenvalue weighted by Gasteiger charge is 2.45. The molecule has 0 spiro atoms. The Morgan fingerprint density at radius 1 is 0.871 bits per heavy atom. The van der Waals surface area contributed by atoms with Gasteiger partial charge in [-0.3, -0.25) is 0 Å². The Morgan fingerprint density at radius 3 is 2.32 bits per heavy atom. The SMILES string of the molecule is C[C@H]1O[C@@H](O[C@@H]2Cc3c(O)cc(O)cc3O[C@@H]2c2ccc(O)c(O)c2)[C@@H](O)[C@@H](O)[C@@H]1O. The van der Waals surface area contributed by atoms with Gasteiger partial charge in [0.15, 0.2) is 23.9 Å². The summed E-state index contributed by atoms with van der Waals surface area (Å²) in [6, 6.07) is 6.54. The van der Waals surface area contributed by atoms with Crippen molar-refractivity contribution < 1.29 is 50.0 Å². The van der Waals surface area contributed by atoms with Crippen molar-refractivity contribution >= 4 is 0 Å². The van der Waals surface area contributed by atoms with Crippen LogP contribution in [0.2, 0.25) is 0 Å². The van der Waals surface area contributed by atoms with Crippen molar-refractivity contribution in [2.24, 2.45) is 0 Å².